The molecular weight excluding hydrogens is 410 g/mol. The Morgan fingerprint density at radius 2 is 1.61 bits per heavy atom. The lowest BCUT2D eigenvalue weighted by Crippen LogP contribution is -2.14. The van der Waals surface area contributed by atoms with Crippen molar-refractivity contribution in [3.8, 4) is 17.6 Å². The van der Waals surface area contributed by atoms with Gasteiger partial charge < -0.3 is 9.47 Å². The van der Waals surface area contributed by atoms with E-state index in [9.17, 15) is 14.9 Å². The number of rotatable bonds is 7. The molecule has 0 radical (unpaired) electrons. The van der Waals surface area contributed by atoms with Crippen molar-refractivity contribution >= 4 is 33.0 Å². The SMILES string of the molecule is COc1ccccc1C(=O)COc1c(C(=O)c2ccccc2C#N)sc2ccccc12. The topological polar surface area (TPSA) is 76.4 Å². The highest BCUT2D eigenvalue weighted by Gasteiger charge is 2.24. The van der Waals surface area contributed by atoms with Gasteiger partial charge in [-0.15, -0.1) is 11.3 Å². The highest BCUT2D eigenvalue weighted by atomic mass is 32.1. The van der Waals surface area contributed by atoms with Crippen molar-refractivity contribution in [2.24, 2.45) is 0 Å². The average molecular weight is 427 g/mol. The first-order valence-corrected chi connectivity index (χ1v) is 10.3. The number of benzene rings is 3. The van der Waals surface area contributed by atoms with E-state index in [2.05, 4.69) is 6.07 Å². The average Bonchev–Trinajstić information content (AvgIpc) is 3.20. The van der Waals surface area contributed by atoms with Crippen LogP contribution in [0.3, 0.4) is 0 Å². The van der Waals surface area contributed by atoms with Crippen molar-refractivity contribution in [2.45, 2.75) is 0 Å². The number of methoxy groups -OCH3 is 1. The molecule has 0 aliphatic heterocycles. The maximum absolute atomic E-state index is 13.3. The molecule has 0 bridgehead atoms. The van der Waals surface area contributed by atoms with E-state index >= 15 is 0 Å². The smallest absolute Gasteiger partial charge is 0.208 e. The van der Waals surface area contributed by atoms with Crippen molar-refractivity contribution in [3.63, 3.8) is 0 Å². The van der Waals surface area contributed by atoms with E-state index in [-0.39, 0.29) is 18.2 Å². The summed E-state index contributed by atoms with van der Waals surface area (Å²) >= 11 is 1.28. The predicted molar refractivity (Wildman–Crippen MR) is 119 cm³/mol. The fraction of sp³-hybridized carbons (Fsp3) is 0.0800. The van der Waals surface area contributed by atoms with Crippen LogP contribution in [0.5, 0.6) is 11.5 Å². The van der Waals surface area contributed by atoms with Crippen molar-refractivity contribution in [3.05, 3.63) is 94.4 Å². The molecule has 4 aromatic rings. The molecule has 152 valence electrons. The lowest BCUT2D eigenvalue weighted by atomic mass is 10.0. The predicted octanol–water partition coefficient (Wildman–Crippen LogP) is 5.27. The van der Waals surface area contributed by atoms with E-state index in [1.807, 2.05) is 24.3 Å². The van der Waals surface area contributed by atoms with E-state index in [0.717, 1.165) is 10.1 Å². The number of nitrogens with zero attached hydrogens (tertiary/aromatic N) is 1. The molecular formula is C25H17NO4S. The number of fused-ring (bicyclic) bond motifs is 1. The van der Waals surface area contributed by atoms with Gasteiger partial charge in [-0.05, 0) is 36.4 Å². The minimum absolute atomic E-state index is 0.249. The molecule has 0 fully saturated rings. The van der Waals surface area contributed by atoms with E-state index in [1.54, 1.807) is 48.5 Å². The largest absolute Gasteiger partial charge is 0.496 e. The normalized spacial score (nSPS) is 10.5. The summed E-state index contributed by atoms with van der Waals surface area (Å²) in [5, 5.41) is 10.1. The second-order valence-electron chi connectivity index (χ2n) is 6.66. The van der Waals surface area contributed by atoms with Gasteiger partial charge in [-0.3, -0.25) is 9.59 Å². The minimum atomic E-state index is -0.307. The molecule has 0 saturated heterocycles. The summed E-state index contributed by atoms with van der Waals surface area (Å²) in [6.07, 6.45) is 0. The molecule has 0 unspecified atom stereocenters. The van der Waals surface area contributed by atoms with Crippen LogP contribution in [-0.2, 0) is 0 Å². The van der Waals surface area contributed by atoms with Crippen molar-refractivity contribution in [1.29, 1.82) is 5.26 Å². The molecule has 1 aromatic heterocycles. The summed E-state index contributed by atoms with van der Waals surface area (Å²) in [5.74, 6) is 0.244. The molecule has 31 heavy (non-hydrogen) atoms. The Labute approximate surface area is 183 Å². The number of thiophene rings is 1. The van der Waals surface area contributed by atoms with Gasteiger partial charge in [0.05, 0.1) is 24.3 Å². The van der Waals surface area contributed by atoms with Crippen LogP contribution >= 0.6 is 11.3 Å². The van der Waals surface area contributed by atoms with Crippen LogP contribution < -0.4 is 9.47 Å². The number of para-hydroxylation sites is 1. The Balaban J connectivity index is 1.71. The van der Waals surface area contributed by atoms with Gasteiger partial charge in [-0.1, -0.05) is 36.4 Å². The molecule has 0 aliphatic carbocycles. The first-order valence-electron chi connectivity index (χ1n) is 9.48. The number of hydrogen-bond donors (Lipinski definition) is 0. The van der Waals surface area contributed by atoms with Crippen LogP contribution in [-0.4, -0.2) is 25.3 Å². The van der Waals surface area contributed by atoms with Gasteiger partial charge in [0, 0.05) is 15.6 Å². The summed E-state index contributed by atoms with van der Waals surface area (Å²) in [4.78, 5) is 26.4. The van der Waals surface area contributed by atoms with Crippen LogP contribution in [0.25, 0.3) is 10.1 Å². The number of carbonyl (C=O) groups excluding carboxylic acids is 2. The Bertz CT molecular complexity index is 1330. The quantitative estimate of drug-likeness (QED) is 0.375. The zero-order chi connectivity index (χ0) is 21.8. The van der Waals surface area contributed by atoms with Crippen LogP contribution in [0.15, 0.2) is 72.8 Å². The third-order valence-electron chi connectivity index (χ3n) is 4.80. The van der Waals surface area contributed by atoms with E-state index in [4.69, 9.17) is 9.47 Å². The van der Waals surface area contributed by atoms with E-state index in [0.29, 0.717) is 33.1 Å². The number of hydrogen-bond acceptors (Lipinski definition) is 6. The number of ether oxygens (including phenoxy) is 2. The van der Waals surface area contributed by atoms with Gasteiger partial charge in [0.15, 0.2) is 6.61 Å². The summed E-state index contributed by atoms with van der Waals surface area (Å²) < 4.78 is 12.0. The zero-order valence-corrected chi connectivity index (χ0v) is 17.4. The molecule has 4 rings (SSSR count). The first kappa shape index (κ1) is 20.3. The molecule has 0 N–H and O–H groups in total. The number of carbonyl (C=O) groups is 2. The minimum Gasteiger partial charge on any atom is -0.496 e. The van der Waals surface area contributed by atoms with E-state index in [1.165, 1.54) is 18.4 Å². The maximum Gasteiger partial charge on any atom is 0.208 e. The number of nitriles is 1. The summed E-state index contributed by atoms with van der Waals surface area (Å²) in [7, 11) is 1.50. The van der Waals surface area contributed by atoms with Gasteiger partial charge >= 0.3 is 0 Å². The third kappa shape index (κ3) is 3.91. The van der Waals surface area contributed by atoms with Gasteiger partial charge in [-0.25, -0.2) is 0 Å². The van der Waals surface area contributed by atoms with Gasteiger partial charge in [0.2, 0.25) is 11.6 Å². The molecule has 0 amide bonds. The Hall–Kier alpha value is -3.95. The summed E-state index contributed by atoms with van der Waals surface area (Å²) in [5.41, 5.74) is 1.01. The second-order valence-corrected chi connectivity index (χ2v) is 7.71. The molecule has 6 heteroatoms. The lowest BCUT2D eigenvalue weighted by Gasteiger charge is -2.10. The molecule has 0 aliphatic rings. The van der Waals surface area contributed by atoms with Gasteiger partial charge in [-0.2, -0.15) is 5.26 Å². The highest BCUT2D eigenvalue weighted by molar-refractivity contribution is 7.21. The van der Waals surface area contributed by atoms with Crippen LogP contribution in [0.2, 0.25) is 0 Å². The standard InChI is InChI=1S/C25H17NO4S/c1-29-21-12-6-4-10-18(21)20(27)15-30-24-19-11-5-7-13-22(19)31-25(24)23(28)17-9-3-2-8-16(17)14-26/h2-13H,15H2,1H3. The van der Waals surface area contributed by atoms with Crippen LogP contribution in [0, 0.1) is 11.3 Å². The molecule has 5 nitrogen and oxygen atoms in total. The highest BCUT2D eigenvalue weighted by Crippen LogP contribution is 2.39. The van der Waals surface area contributed by atoms with E-state index < -0.39 is 0 Å². The Kier molecular flexibility index (Phi) is 5.78. The number of ketones is 2. The fourth-order valence-electron chi connectivity index (χ4n) is 3.31. The van der Waals surface area contributed by atoms with Crippen molar-refractivity contribution in [2.75, 3.05) is 13.7 Å². The van der Waals surface area contributed by atoms with Crippen LogP contribution in [0.1, 0.15) is 31.2 Å². The fourth-order valence-corrected chi connectivity index (χ4v) is 4.41. The lowest BCUT2D eigenvalue weighted by molar-refractivity contribution is 0.0914. The molecule has 0 atom stereocenters. The first-order chi connectivity index (χ1) is 15.1. The molecule has 0 spiro atoms. The van der Waals surface area contributed by atoms with Gasteiger partial charge in [0.1, 0.15) is 16.4 Å². The van der Waals surface area contributed by atoms with Crippen molar-refractivity contribution in [1.82, 2.24) is 0 Å². The summed E-state index contributed by atoms with van der Waals surface area (Å²) in [6.45, 7) is -0.249. The van der Waals surface area contributed by atoms with Crippen molar-refractivity contribution < 1.29 is 19.1 Å². The Morgan fingerprint density at radius 3 is 2.39 bits per heavy atom. The molecule has 0 saturated carbocycles. The number of Topliss-reactive ketones (excluding diaryl/α,β-unsaturated/α-hetero) is 1. The molecule has 1 heterocycles. The van der Waals surface area contributed by atoms with Crippen LogP contribution in [0.4, 0.5) is 0 Å². The molecule has 3 aromatic carbocycles. The Morgan fingerprint density at radius 1 is 0.935 bits per heavy atom. The maximum atomic E-state index is 13.3. The second kappa shape index (κ2) is 8.82. The third-order valence-corrected chi connectivity index (χ3v) is 5.95. The van der Waals surface area contributed by atoms with Gasteiger partial charge in [0.25, 0.3) is 0 Å². The summed E-state index contributed by atoms with van der Waals surface area (Å²) in [6, 6.07) is 23.1. The zero-order valence-electron chi connectivity index (χ0n) is 16.6. The monoisotopic (exact) mass is 427 g/mol.